The normalized spacial score (nSPS) is 12.0. The Morgan fingerprint density at radius 2 is 1.95 bits per heavy atom. The Morgan fingerprint density at radius 3 is 2.52 bits per heavy atom. The molecule has 0 saturated carbocycles. The summed E-state index contributed by atoms with van der Waals surface area (Å²) < 4.78 is 5.53. The van der Waals surface area contributed by atoms with Crippen molar-refractivity contribution in [3.63, 3.8) is 0 Å². The molecule has 0 aliphatic heterocycles. The summed E-state index contributed by atoms with van der Waals surface area (Å²) in [5.41, 5.74) is 1.16. The predicted octanol–water partition coefficient (Wildman–Crippen LogP) is 3.88. The number of nitro groups is 1. The molecule has 0 heterocycles. The van der Waals surface area contributed by atoms with E-state index in [1.807, 2.05) is 0 Å². The fraction of sp³-hybridized carbons (Fsp3) is 0.200. The molecule has 0 spiro atoms. The van der Waals surface area contributed by atoms with Crippen LogP contribution in [0, 0.1) is 10.1 Å². The minimum absolute atomic E-state index is 0.0666. The monoisotopic (exact) mass is 307 g/mol. The van der Waals surface area contributed by atoms with E-state index in [1.54, 1.807) is 43.3 Å². The van der Waals surface area contributed by atoms with Crippen LogP contribution in [0.1, 0.15) is 24.2 Å². The maximum atomic E-state index is 11.0. The largest absolute Gasteiger partial charge is 0.489 e. The van der Waals surface area contributed by atoms with Crippen LogP contribution < -0.4 is 4.74 Å². The number of nitrogens with zero attached hydrogens (tertiary/aromatic N) is 1. The minimum atomic E-state index is -0.545. The first kappa shape index (κ1) is 15.3. The highest BCUT2D eigenvalue weighted by molar-refractivity contribution is 6.30. The number of ether oxygens (including phenoxy) is 1. The Morgan fingerprint density at radius 1 is 1.29 bits per heavy atom. The number of hydrogen-bond donors (Lipinski definition) is 1. The first-order valence-electron chi connectivity index (χ1n) is 6.31. The van der Waals surface area contributed by atoms with Crippen LogP contribution in [0.3, 0.4) is 0 Å². The van der Waals surface area contributed by atoms with Crippen LogP contribution in [0.4, 0.5) is 5.69 Å². The highest BCUT2D eigenvalue weighted by Gasteiger charge is 2.14. The molecule has 0 aliphatic rings. The maximum Gasteiger partial charge on any atom is 0.277 e. The molecule has 0 unspecified atom stereocenters. The molecule has 0 aliphatic carbocycles. The molecular weight excluding hydrogens is 294 g/mol. The van der Waals surface area contributed by atoms with Crippen molar-refractivity contribution in [3.05, 3.63) is 68.7 Å². The van der Waals surface area contributed by atoms with Crippen LogP contribution >= 0.6 is 11.6 Å². The van der Waals surface area contributed by atoms with E-state index in [-0.39, 0.29) is 12.3 Å². The number of halogens is 1. The van der Waals surface area contributed by atoms with Crippen molar-refractivity contribution in [2.75, 3.05) is 0 Å². The number of aliphatic hydroxyl groups excluding tert-OH is 1. The van der Waals surface area contributed by atoms with Gasteiger partial charge in [-0.05, 0) is 36.8 Å². The van der Waals surface area contributed by atoms with Crippen LogP contribution in [0.25, 0.3) is 0 Å². The van der Waals surface area contributed by atoms with Crippen LogP contribution in [-0.2, 0) is 6.61 Å². The predicted molar refractivity (Wildman–Crippen MR) is 79.5 cm³/mol. The second-order valence-corrected chi connectivity index (χ2v) is 5.00. The quantitative estimate of drug-likeness (QED) is 0.672. The van der Waals surface area contributed by atoms with E-state index >= 15 is 0 Å². The molecule has 5 nitrogen and oxygen atoms in total. The second kappa shape index (κ2) is 6.56. The zero-order valence-corrected chi connectivity index (χ0v) is 12.1. The SMILES string of the molecule is C[C@@H](O)c1ccc(OCc2ccc(Cl)cc2[N+](=O)[O-])cc1. The van der Waals surface area contributed by atoms with Crippen molar-refractivity contribution in [1.29, 1.82) is 0 Å². The van der Waals surface area contributed by atoms with Gasteiger partial charge >= 0.3 is 0 Å². The second-order valence-electron chi connectivity index (χ2n) is 4.56. The van der Waals surface area contributed by atoms with Crippen molar-refractivity contribution in [1.82, 2.24) is 0 Å². The third-order valence-corrected chi connectivity index (χ3v) is 3.24. The van der Waals surface area contributed by atoms with Gasteiger partial charge in [-0.3, -0.25) is 10.1 Å². The Balaban J connectivity index is 2.11. The standard InChI is InChI=1S/C15H14ClNO4/c1-10(18)11-3-6-14(7-4-11)21-9-12-2-5-13(16)8-15(12)17(19)20/h2-8,10,18H,9H2,1H3/t10-/m1/s1. The average molecular weight is 308 g/mol. The number of benzene rings is 2. The molecule has 2 aromatic carbocycles. The molecule has 110 valence electrons. The van der Waals surface area contributed by atoms with Crippen LogP contribution in [-0.4, -0.2) is 10.0 Å². The summed E-state index contributed by atoms with van der Waals surface area (Å²) in [5, 5.41) is 20.7. The topological polar surface area (TPSA) is 72.6 Å². The summed E-state index contributed by atoms with van der Waals surface area (Å²) in [4.78, 5) is 10.5. The summed E-state index contributed by atoms with van der Waals surface area (Å²) in [6.45, 7) is 1.74. The number of hydrogen-bond acceptors (Lipinski definition) is 4. The molecule has 2 aromatic rings. The Labute approximate surface area is 126 Å². The zero-order valence-electron chi connectivity index (χ0n) is 11.3. The van der Waals surface area contributed by atoms with Gasteiger partial charge in [-0.25, -0.2) is 0 Å². The smallest absolute Gasteiger partial charge is 0.277 e. The van der Waals surface area contributed by atoms with Crippen LogP contribution in [0.2, 0.25) is 5.02 Å². The molecule has 6 heteroatoms. The number of nitro benzene ring substituents is 1. The molecule has 0 saturated heterocycles. The minimum Gasteiger partial charge on any atom is -0.489 e. The molecule has 21 heavy (non-hydrogen) atoms. The summed E-state index contributed by atoms with van der Waals surface area (Å²) in [6, 6.07) is 11.4. The lowest BCUT2D eigenvalue weighted by Gasteiger charge is -2.09. The molecule has 0 radical (unpaired) electrons. The first-order chi connectivity index (χ1) is 9.97. The van der Waals surface area contributed by atoms with E-state index in [4.69, 9.17) is 16.3 Å². The van der Waals surface area contributed by atoms with E-state index in [1.165, 1.54) is 6.07 Å². The van der Waals surface area contributed by atoms with Gasteiger partial charge in [0.15, 0.2) is 0 Å². The maximum absolute atomic E-state index is 11.0. The zero-order chi connectivity index (χ0) is 15.4. The number of rotatable bonds is 5. The third-order valence-electron chi connectivity index (χ3n) is 3.00. The van der Waals surface area contributed by atoms with Gasteiger partial charge in [0.05, 0.1) is 16.6 Å². The molecule has 1 N–H and O–H groups in total. The van der Waals surface area contributed by atoms with Crippen molar-refractivity contribution in [3.8, 4) is 5.75 Å². The van der Waals surface area contributed by atoms with E-state index < -0.39 is 11.0 Å². The van der Waals surface area contributed by atoms with Gasteiger partial charge in [0, 0.05) is 11.1 Å². The molecule has 0 aromatic heterocycles. The van der Waals surface area contributed by atoms with Crippen molar-refractivity contribution in [2.45, 2.75) is 19.6 Å². The lowest BCUT2D eigenvalue weighted by atomic mass is 10.1. The lowest BCUT2D eigenvalue weighted by Crippen LogP contribution is -2.01. The highest BCUT2D eigenvalue weighted by atomic mass is 35.5. The van der Waals surface area contributed by atoms with Crippen LogP contribution in [0.15, 0.2) is 42.5 Å². The van der Waals surface area contributed by atoms with E-state index in [2.05, 4.69) is 0 Å². The Kier molecular flexibility index (Phi) is 4.77. The highest BCUT2D eigenvalue weighted by Crippen LogP contribution is 2.25. The fourth-order valence-electron chi connectivity index (χ4n) is 1.83. The van der Waals surface area contributed by atoms with E-state index in [0.717, 1.165) is 5.56 Å². The Hall–Kier alpha value is -2.11. The van der Waals surface area contributed by atoms with Crippen molar-refractivity contribution in [2.24, 2.45) is 0 Å². The van der Waals surface area contributed by atoms with E-state index in [9.17, 15) is 15.2 Å². The lowest BCUT2D eigenvalue weighted by molar-refractivity contribution is -0.385. The molecule has 1 atom stereocenters. The molecular formula is C15H14ClNO4. The van der Waals surface area contributed by atoms with Gasteiger partial charge in [0.1, 0.15) is 12.4 Å². The third kappa shape index (κ3) is 3.93. The van der Waals surface area contributed by atoms with Crippen molar-refractivity contribution >= 4 is 17.3 Å². The molecule has 0 fully saturated rings. The molecule has 0 amide bonds. The van der Waals surface area contributed by atoms with Gasteiger partial charge in [-0.1, -0.05) is 23.7 Å². The van der Waals surface area contributed by atoms with Gasteiger partial charge in [-0.15, -0.1) is 0 Å². The Bertz CT molecular complexity index is 641. The summed E-state index contributed by atoms with van der Waals surface area (Å²) in [7, 11) is 0. The first-order valence-corrected chi connectivity index (χ1v) is 6.69. The van der Waals surface area contributed by atoms with Gasteiger partial charge < -0.3 is 9.84 Å². The summed E-state index contributed by atoms with van der Waals surface area (Å²) in [6.07, 6.45) is -0.545. The molecule has 0 bridgehead atoms. The van der Waals surface area contributed by atoms with Crippen LogP contribution in [0.5, 0.6) is 5.75 Å². The van der Waals surface area contributed by atoms with Crippen molar-refractivity contribution < 1.29 is 14.8 Å². The van der Waals surface area contributed by atoms with E-state index in [0.29, 0.717) is 16.3 Å². The number of aliphatic hydroxyl groups is 1. The van der Waals surface area contributed by atoms with Gasteiger partial charge in [0.2, 0.25) is 0 Å². The molecule has 2 rings (SSSR count). The van der Waals surface area contributed by atoms with Gasteiger partial charge in [0.25, 0.3) is 5.69 Å². The van der Waals surface area contributed by atoms with Gasteiger partial charge in [-0.2, -0.15) is 0 Å². The summed E-state index contributed by atoms with van der Waals surface area (Å²) in [5.74, 6) is 0.573. The fourth-order valence-corrected chi connectivity index (χ4v) is 2.00. The average Bonchev–Trinajstić information content (AvgIpc) is 2.46. The summed E-state index contributed by atoms with van der Waals surface area (Å²) >= 11 is 5.76.